The van der Waals surface area contributed by atoms with Gasteiger partial charge in [-0.05, 0) is 37.2 Å². The molecule has 0 unspecified atom stereocenters. The largest absolute Gasteiger partial charge is 0.469 e. The molecule has 19 heavy (non-hydrogen) atoms. The molecule has 1 N–H and O–H groups in total. The summed E-state index contributed by atoms with van der Waals surface area (Å²) in [6, 6.07) is 2.04. The molecule has 2 rings (SSSR count). The normalized spacial score (nSPS) is 24.2. The summed E-state index contributed by atoms with van der Waals surface area (Å²) in [6.07, 6.45) is 6.36. The Morgan fingerprint density at radius 2 is 2.00 bits per heavy atom. The van der Waals surface area contributed by atoms with Crippen LogP contribution in [0.1, 0.15) is 62.6 Å². The smallest absolute Gasteiger partial charge is 0.255 e. The molecule has 0 bridgehead atoms. The number of carbonyl (C=O) groups is 1. The molecule has 1 amide bonds. The summed E-state index contributed by atoms with van der Waals surface area (Å²) in [4.78, 5) is 12.3. The molecule has 1 saturated carbocycles. The van der Waals surface area contributed by atoms with Gasteiger partial charge in [0.1, 0.15) is 5.76 Å². The Bertz CT molecular complexity index is 442. The van der Waals surface area contributed by atoms with Crippen molar-refractivity contribution < 1.29 is 9.21 Å². The molecule has 3 heteroatoms. The number of amides is 1. The van der Waals surface area contributed by atoms with Crippen LogP contribution in [0.2, 0.25) is 0 Å². The van der Waals surface area contributed by atoms with Crippen molar-refractivity contribution in [3.8, 4) is 0 Å². The van der Waals surface area contributed by atoms with Crippen LogP contribution in [0.5, 0.6) is 0 Å². The first-order chi connectivity index (χ1) is 8.89. The van der Waals surface area contributed by atoms with Crippen LogP contribution in [-0.2, 0) is 0 Å². The molecule has 1 heterocycles. The lowest BCUT2D eigenvalue weighted by Crippen LogP contribution is -2.46. The standard InChI is InChI=1S/C16H25NO2/c1-11-12(9-10-19-11)15(18)17-14-8-6-5-7-13(14)16(2,3)4/h9-10,13-14H,5-8H2,1-4H3,(H,17,18)/t13-,14+/m0/s1. The van der Waals surface area contributed by atoms with Gasteiger partial charge in [0, 0.05) is 6.04 Å². The van der Waals surface area contributed by atoms with Gasteiger partial charge in [-0.2, -0.15) is 0 Å². The average molecular weight is 263 g/mol. The summed E-state index contributed by atoms with van der Waals surface area (Å²) in [7, 11) is 0. The molecule has 1 aliphatic rings. The first kappa shape index (κ1) is 14.2. The van der Waals surface area contributed by atoms with Crippen molar-refractivity contribution in [1.82, 2.24) is 5.32 Å². The average Bonchev–Trinajstić information content (AvgIpc) is 2.75. The molecule has 0 spiro atoms. The fourth-order valence-electron chi connectivity index (χ4n) is 3.21. The van der Waals surface area contributed by atoms with Crippen LogP contribution in [0.15, 0.2) is 16.7 Å². The number of furan rings is 1. The lowest BCUT2D eigenvalue weighted by Gasteiger charge is -2.40. The summed E-state index contributed by atoms with van der Waals surface area (Å²) in [6.45, 7) is 8.64. The van der Waals surface area contributed by atoms with Crippen LogP contribution in [0, 0.1) is 18.3 Å². The lowest BCUT2D eigenvalue weighted by atomic mass is 9.69. The molecule has 2 atom stereocenters. The fraction of sp³-hybridized carbons (Fsp3) is 0.688. The van der Waals surface area contributed by atoms with Crippen LogP contribution in [0.3, 0.4) is 0 Å². The topological polar surface area (TPSA) is 42.2 Å². The van der Waals surface area contributed by atoms with Crippen LogP contribution in [0.25, 0.3) is 0 Å². The van der Waals surface area contributed by atoms with E-state index in [1.54, 1.807) is 12.3 Å². The number of hydrogen-bond acceptors (Lipinski definition) is 2. The molecule has 1 aromatic rings. The third kappa shape index (κ3) is 3.20. The van der Waals surface area contributed by atoms with Crippen molar-refractivity contribution in [2.24, 2.45) is 11.3 Å². The minimum Gasteiger partial charge on any atom is -0.469 e. The molecule has 0 saturated heterocycles. The van der Waals surface area contributed by atoms with Gasteiger partial charge in [-0.15, -0.1) is 0 Å². The SMILES string of the molecule is Cc1occc1C(=O)N[C@@H]1CCCC[C@@H]1C(C)(C)C. The second-order valence-electron chi connectivity index (χ2n) is 6.73. The van der Waals surface area contributed by atoms with Crippen molar-refractivity contribution in [3.63, 3.8) is 0 Å². The van der Waals surface area contributed by atoms with E-state index in [1.807, 2.05) is 6.92 Å². The van der Waals surface area contributed by atoms with Crippen molar-refractivity contribution in [1.29, 1.82) is 0 Å². The summed E-state index contributed by atoms with van der Waals surface area (Å²) in [5.74, 6) is 1.26. The molecule has 0 radical (unpaired) electrons. The van der Waals surface area contributed by atoms with E-state index < -0.39 is 0 Å². The first-order valence-electron chi connectivity index (χ1n) is 7.24. The van der Waals surface area contributed by atoms with Crippen molar-refractivity contribution in [3.05, 3.63) is 23.7 Å². The third-order valence-electron chi connectivity index (χ3n) is 4.30. The molecule has 1 aromatic heterocycles. The third-order valence-corrected chi connectivity index (χ3v) is 4.30. The summed E-state index contributed by atoms with van der Waals surface area (Å²) in [5.41, 5.74) is 0.905. The van der Waals surface area contributed by atoms with Crippen molar-refractivity contribution in [2.75, 3.05) is 0 Å². The quantitative estimate of drug-likeness (QED) is 0.878. The minimum atomic E-state index is 0.00685. The molecule has 3 nitrogen and oxygen atoms in total. The fourth-order valence-corrected chi connectivity index (χ4v) is 3.21. The van der Waals surface area contributed by atoms with Gasteiger partial charge < -0.3 is 9.73 Å². The van der Waals surface area contributed by atoms with Gasteiger partial charge >= 0.3 is 0 Å². The van der Waals surface area contributed by atoms with E-state index in [0.29, 0.717) is 17.2 Å². The molecule has 0 aliphatic heterocycles. The Hall–Kier alpha value is -1.25. The highest BCUT2D eigenvalue weighted by Gasteiger charge is 2.35. The highest BCUT2D eigenvalue weighted by molar-refractivity contribution is 5.95. The zero-order valence-electron chi connectivity index (χ0n) is 12.5. The first-order valence-corrected chi connectivity index (χ1v) is 7.24. The molecular formula is C16H25NO2. The maximum atomic E-state index is 12.3. The summed E-state index contributed by atoms with van der Waals surface area (Å²) < 4.78 is 5.21. The monoisotopic (exact) mass is 263 g/mol. The zero-order chi connectivity index (χ0) is 14.0. The van der Waals surface area contributed by atoms with Crippen LogP contribution in [0.4, 0.5) is 0 Å². The molecule has 1 fully saturated rings. The second kappa shape index (κ2) is 5.40. The Balaban J connectivity index is 2.08. The summed E-state index contributed by atoms with van der Waals surface area (Å²) in [5, 5.41) is 3.22. The second-order valence-corrected chi connectivity index (χ2v) is 6.73. The van der Waals surface area contributed by atoms with Gasteiger partial charge in [-0.3, -0.25) is 4.79 Å². The van der Waals surface area contributed by atoms with E-state index in [1.165, 1.54) is 19.3 Å². The predicted octanol–water partition coefficient (Wildman–Crippen LogP) is 3.92. The number of hydrogen-bond donors (Lipinski definition) is 1. The summed E-state index contributed by atoms with van der Waals surface area (Å²) >= 11 is 0. The van der Waals surface area contributed by atoms with E-state index in [9.17, 15) is 4.79 Å². The van der Waals surface area contributed by atoms with E-state index in [-0.39, 0.29) is 17.4 Å². The number of nitrogens with one attached hydrogen (secondary N) is 1. The predicted molar refractivity (Wildman–Crippen MR) is 76.1 cm³/mol. The van der Waals surface area contributed by atoms with Gasteiger partial charge in [0.05, 0.1) is 11.8 Å². The maximum Gasteiger partial charge on any atom is 0.255 e. The molecule has 1 aliphatic carbocycles. The van der Waals surface area contributed by atoms with Crippen LogP contribution in [-0.4, -0.2) is 11.9 Å². The highest BCUT2D eigenvalue weighted by Crippen LogP contribution is 2.38. The van der Waals surface area contributed by atoms with Crippen LogP contribution < -0.4 is 5.32 Å². The van der Waals surface area contributed by atoms with Gasteiger partial charge in [-0.1, -0.05) is 33.6 Å². The zero-order valence-corrected chi connectivity index (χ0v) is 12.5. The number of rotatable bonds is 2. The molecular weight excluding hydrogens is 238 g/mol. The van der Waals surface area contributed by atoms with Gasteiger partial charge in [0.25, 0.3) is 5.91 Å². The Morgan fingerprint density at radius 1 is 1.32 bits per heavy atom. The van der Waals surface area contributed by atoms with Gasteiger partial charge in [-0.25, -0.2) is 0 Å². The van der Waals surface area contributed by atoms with E-state index in [4.69, 9.17) is 4.42 Å². The number of carbonyl (C=O) groups excluding carboxylic acids is 1. The van der Waals surface area contributed by atoms with E-state index >= 15 is 0 Å². The molecule has 106 valence electrons. The van der Waals surface area contributed by atoms with Gasteiger partial charge in [0.15, 0.2) is 0 Å². The van der Waals surface area contributed by atoms with Gasteiger partial charge in [0.2, 0.25) is 0 Å². The van der Waals surface area contributed by atoms with Crippen molar-refractivity contribution in [2.45, 2.75) is 59.4 Å². The molecule has 0 aromatic carbocycles. The van der Waals surface area contributed by atoms with E-state index in [2.05, 4.69) is 26.1 Å². The lowest BCUT2D eigenvalue weighted by molar-refractivity contribution is 0.0828. The Kier molecular flexibility index (Phi) is 4.02. The van der Waals surface area contributed by atoms with Crippen molar-refractivity contribution >= 4 is 5.91 Å². The highest BCUT2D eigenvalue weighted by atomic mass is 16.3. The number of aryl methyl sites for hydroxylation is 1. The minimum absolute atomic E-state index is 0.00685. The maximum absolute atomic E-state index is 12.3. The Morgan fingerprint density at radius 3 is 2.58 bits per heavy atom. The Labute approximate surface area is 115 Å². The van der Waals surface area contributed by atoms with E-state index in [0.717, 1.165) is 6.42 Å². The van der Waals surface area contributed by atoms with Crippen LogP contribution >= 0.6 is 0 Å².